The van der Waals surface area contributed by atoms with Crippen LogP contribution in [0.5, 0.6) is 0 Å². The standard InChI is InChI=1S/C34H35ClN4O4S/c35-30-13-8-28(9-14-30)25-39(33(29-6-2-1-3-7-29)34(41)37-24-27-18-20-36-21-19-27)32(40)17-12-26-10-15-31(16-11-26)44(42,43)38-22-4-5-23-38/h1-3,6-11,13-16,18-21,33H,4-5,12,17,22-25H2,(H,37,41). The van der Waals surface area contributed by atoms with E-state index in [1.54, 1.807) is 53.7 Å². The summed E-state index contributed by atoms with van der Waals surface area (Å²) in [6, 6.07) is 26.0. The van der Waals surface area contributed by atoms with Gasteiger partial charge in [0.1, 0.15) is 6.04 Å². The largest absolute Gasteiger partial charge is 0.350 e. The van der Waals surface area contributed by atoms with Gasteiger partial charge in [-0.1, -0.05) is 66.2 Å². The van der Waals surface area contributed by atoms with Crippen LogP contribution in [0.4, 0.5) is 0 Å². The lowest BCUT2D eigenvalue weighted by atomic mass is 10.0. The molecule has 1 fully saturated rings. The second kappa shape index (κ2) is 14.6. The smallest absolute Gasteiger partial charge is 0.247 e. The van der Waals surface area contributed by atoms with Gasteiger partial charge in [0.05, 0.1) is 4.90 Å². The Labute approximate surface area is 263 Å². The van der Waals surface area contributed by atoms with Crippen molar-refractivity contribution in [3.63, 3.8) is 0 Å². The first-order valence-corrected chi connectivity index (χ1v) is 16.5. The maximum absolute atomic E-state index is 14.0. The minimum Gasteiger partial charge on any atom is -0.350 e. The molecule has 1 N–H and O–H groups in total. The zero-order valence-corrected chi connectivity index (χ0v) is 25.9. The SMILES string of the molecule is O=C(NCc1ccncc1)C(c1ccccc1)N(Cc1ccc(Cl)cc1)C(=O)CCc1ccc(S(=O)(=O)N2CCCC2)cc1. The first-order chi connectivity index (χ1) is 21.3. The van der Waals surface area contributed by atoms with Crippen LogP contribution >= 0.6 is 11.6 Å². The molecule has 44 heavy (non-hydrogen) atoms. The molecule has 4 aromatic rings. The fourth-order valence-electron chi connectivity index (χ4n) is 5.31. The van der Waals surface area contributed by atoms with E-state index < -0.39 is 16.1 Å². The van der Waals surface area contributed by atoms with E-state index in [0.29, 0.717) is 36.6 Å². The molecule has 1 aliphatic heterocycles. The maximum Gasteiger partial charge on any atom is 0.247 e. The molecule has 0 bridgehead atoms. The molecule has 10 heteroatoms. The Balaban J connectivity index is 1.37. The molecular weight excluding hydrogens is 596 g/mol. The van der Waals surface area contributed by atoms with Crippen LogP contribution < -0.4 is 5.32 Å². The lowest BCUT2D eigenvalue weighted by Crippen LogP contribution is -2.43. The predicted molar refractivity (Wildman–Crippen MR) is 170 cm³/mol. The molecule has 1 saturated heterocycles. The summed E-state index contributed by atoms with van der Waals surface area (Å²) >= 11 is 6.12. The average molecular weight is 631 g/mol. The summed E-state index contributed by atoms with van der Waals surface area (Å²) in [5.74, 6) is -0.506. The summed E-state index contributed by atoms with van der Waals surface area (Å²) < 4.78 is 27.4. The van der Waals surface area contributed by atoms with Crippen LogP contribution in [0.1, 0.15) is 47.6 Å². The summed E-state index contributed by atoms with van der Waals surface area (Å²) in [4.78, 5) is 33.7. The van der Waals surface area contributed by atoms with Crippen LogP contribution in [-0.2, 0) is 39.1 Å². The van der Waals surface area contributed by atoms with E-state index in [1.165, 1.54) is 4.31 Å². The van der Waals surface area contributed by atoms with E-state index in [0.717, 1.165) is 29.5 Å². The van der Waals surface area contributed by atoms with Crippen molar-refractivity contribution >= 4 is 33.4 Å². The van der Waals surface area contributed by atoms with E-state index in [4.69, 9.17) is 11.6 Å². The predicted octanol–water partition coefficient (Wildman–Crippen LogP) is 5.54. The first kappa shape index (κ1) is 31.4. The quantitative estimate of drug-likeness (QED) is 0.222. The molecule has 5 rings (SSSR count). The van der Waals surface area contributed by atoms with Crippen LogP contribution in [0.15, 0.2) is 108 Å². The van der Waals surface area contributed by atoms with Gasteiger partial charge in [0, 0.05) is 50.0 Å². The van der Waals surface area contributed by atoms with Crippen molar-refractivity contribution < 1.29 is 18.0 Å². The number of rotatable bonds is 12. The van der Waals surface area contributed by atoms with Gasteiger partial charge in [0.15, 0.2) is 0 Å². The number of aryl methyl sites for hydroxylation is 1. The van der Waals surface area contributed by atoms with E-state index in [2.05, 4.69) is 10.3 Å². The number of hydrogen-bond donors (Lipinski definition) is 1. The summed E-state index contributed by atoms with van der Waals surface area (Å²) in [6.45, 7) is 1.58. The minimum absolute atomic E-state index is 0.132. The van der Waals surface area contributed by atoms with E-state index in [1.807, 2.05) is 54.6 Å². The fourth-order valence-corrected chi connectivity index (χ4v) is 6.95. The third-order valence-corrected chi connectivity index (χ3v) is 9.90. The number of benzene rings is 3. The molecule has 8 nitrogen and oxygen atoms in total. The number of halogens is 1. The van der Waals surface area contributed by atoms with Gasteiger partial charge in [0.2, 0.25) is 21.8 Å². The molecule has 1 unspecified atom stereocenters. The Morgan fingerprint density at radius 2 is 1.48 bits per heavy atom. The molecule has 3 aromatic carbocycles. The summed E-state index contributed by atoms with van der Waals surface area (Å²) in [6.07, 6.45) is 5.60. The maximum atomic E-state index is 14.0. The van der Waals surface area contributed by atoms with Gasteiger partial charge >= 0.3 is 0 Å². The third-order valence-electron chi connectivity index (χ3n) is 7.73. The molecule has 0 spiro atoms. The van der Waals surface area contributed by atoms with Gasteiger partial charge < -0.3 is 10.2 Å². The van der Waals surface area contributed by atoms with E-state index >= 15 is 0 Å². The van der Waals surface area contributed by atoms with Crippen molar-refractivity contribution in [2.75, 3.05) is 13.1 Å². The highest BCUT2D eigenvalue weighted by atomic mass is 35.5. The van der Waals surface area contributed by atoms with Crippen LogP contribution in [0, 0.1) is 0 Å². The Kier molecular flexibility index (Phi) is 10.4. The number of aromatic nitrogens is 1. The fraction of sp³-hybridized carbons (Fsp3) is 0.265. The number of pyridine rings is 1. The molecule has 1 atom stereocenters. The molecule has 228 valence electrons. The lowest BCUT2D eigenvalue weighted by Gasteiger charge is -2.32. The van der Waals surface area contributed by atoms with Gasteiger partial charge in [-0.3, -0.25) is 14.6 Å². The average Bonchev–Trinajstić information content (AvgIpc) is 3.61. The van der Waals surface area contributed by atoms with Gasteiger partial charge in [-0.25, -0.2) is 8.42 Å². The monoisotopic (exact) mass is 630 g/mol. The molecule has 0 radical (unpaired) electrons. The minimum atomic E-state index is -3.51. The number of carbonyl (C=O) groups is 2. The molecule has 2 heterocycles. The Hall–Kier alpha value is -4.05. The van der Waals surface area contributed by atoms with E-state index in [-0.39, 0.29) is 29.7 Å². The number of sulfonamides is 1. The third kappa shape index (κ3) is 7.91. The van der Waals surface area contributed by atoms with Gasteiger partial charge in [-0.05, 0) is 77.9 Å². The Morgan fingerprint density at radius 3 is 2.14 bits per heavy atom. The van der Waals surface area contributed by atoms with Gasteiger partial charge in [0.25, 0.3) is 0 Å². The number of hydrogen-bond acceptors (Lipinski definition) is 5. The summed E-state index contributed by atoms with van der Waals surface area (Å²) in [7, 11) is -3.51. The highest BCUT2D eigenvalue weighted by Crippen LogP contribution is 2.26. The zero-order valence-electron chi connectivity index (χ0n) is 24.3. The van der Waals surface area contributed by atoms with Crippen molar-refractivity contribution in [2.24, 2.45) is 0 Å². The number of nitrogens with zero attached hydrogens (tertiary/aromatic N) is 3. The Morgan fingerprint density at radius 1 is 0.841 bits per heavy atom. The van der Waals surface area contributed by atoms with Crippen LogP contribution in [-0.4, -0.2) is 47.5 Å². The second-order valence-electron chi connectivity index (χ2n) is 10.8. The number of carbonyl (C=O) groups excluding carboxylic acids is 2. The number of nitrogens with one attached hydrogen (secondary N) is 1. The van der Waals surface area contributed by atoms with Gasteiger partial charge in [-0.2, -0.15) is 4.31 Å². The van der Waals surface area contributed by atoms with Crippen molar-refractivity contribution in [1.29, 1.82) is 0 Å². The second-order valence-corrected chi connectivity index (χ2v) is 13.2. The van der Waals surface area contributed by atoms with Crippen molar-refractivity contribution in [3.05, 3.63) is 131 Å². The van der Waals surface area contributed by atoms with E-state index in [9.17, 15) is 18.0 Å². The molecular formula is C34H35ClN4O4S. The van der Waals surface area contributed by atoms with Crippen LogP contribution in [0.3, 0.4) is 0 Å². The molecule has 2 amide bonds. The first-order valence-electron chi connectivity index (χ1n) is 14.7. The normalized spacial score (nSPS) is 14.2. The van der Waals surface area contributed by atoms with Crippen LogP contribution in [0.2, 0.25) is 5.02 Å². The highest BCUT2D eigenvalue weighted by Gasteiger charge is 2.31. The Bertz CT molecular complexity index is 1650. The molecule has 1 aliphatic rings. The summed E-state index contributed by atoms with van der Waals surface area (Å²) in [5.41, 5.74) is 3.26. The molecule has 1 aromatic heterocycles. The number of amides is 2. The van der Waals surface area contributed by atoms with Crippen molar-refractivity contribution in [2.45, 2.75) is 49.7 Å². The van der Waals surface area contributed by atoms with Gasteiger partial charge in [-0.15, -0.1) is 0 Å². The van der Waals surface area contributed by atoms with Crippen molar-refractivity contribution in [1.82, 2.24) is 19.5 Å². The zero-order chi connectivity index (χ0) is 30.9. The van der Waals surface area contributed by atoms with Crippen molar-refractivity contribution in [3.8, 4) is 0 Å². The lowest BCUT2D eigenvalue weighted by molar-refractivity contribution is -0.141. The topological polar surface area (TPSA) is 99.7 Å². The molecule has 0 aliphatic carbocycles. The molecule has 0 saturated carbocycles. The van der Waals surface area contributed by atoms with Crippen LogP contribution in [0.25, 0.3) is 0 Å². The summed E-state index contributed by atoms with van der Waals surface area (Å²) in [5, 5.41) is 3.58. The highest BCUT2D eigenvalue weighted by molar-refractivity contribution is 7.89.